The lowest BCUT2D eigenvalue weighted by atomic mass is 9.85. The van der Waals surface area contributed by atoms with Crippen LogP contribution in [0.25, 0.3) is 0 Å². The Bertz CT molecular complexity index is 268. The molecule has 116 valence electrons. The molecule has 2 saturated heterocycles. The number of aliphatic hydroxyl groups is 1. The summed E-state index contributed by atoms with van der Waals surface area (Å²) in [6.45, 7) is 6.90. The molecule has 0 spiro atoms. The zero-order valence-electron chi connectivity index (χ0n) is 12.1. The third-order valence-electron chi connectivity index (χ3n) is 3.80. The molecule has 0 radical (unpaired) electrons. The molecule has 3 rings (SSSR count). The van der Waals surface area contributed by atoms with Crippen LogP contribution in [0.4, 0.5) is 0 Å². The van der Waals surface area contributed by atoms with E-state index in [-0.39, 0.29) is 12.2 Å². The van der Waals surface area contributed by atoms with E-state index in [9.17, 15) is 0 Å². The van der Waals surface area contributed by atoms with Gasteiger partial charge in [-0.25, -0.2) is 0 Å². The van der Waals surface area contributed by atoms with Gasteiger partial charge in [0.2, 0.25) is 0 Å². The minimum Gasteiger partial charge on any atom is -0.493 e. The van der Waals surface area contributed by atoms with Gasteiger partial charge in [0, 0.05) is 0 Å². The highest BCUT2D eigenvalue weighted by atomic mass is 16.6. The molecule has 1 saturated carbocycles. The zero-order valence-corrected chi connectivity index (χ0v) is 12.1. The summed E-state index contributed by atoms with van der Waals surface area (Å²) in [6, 6.07) is 0. The largest absolute Gasteiger partial charge is 0.493 e. The van der Waals surface area contributed by atoms with Gasteiger partial charge in [0.05, 0.1) is 39.3 Å². The second kappa shape index (κ2) is 7.98. The summed E-state index contributed by atoms with van der Waals surface area (Å²) in [5.41, 5.74) is -0.292. The first kappa shape index (κ1) is 15.8. The molecule has 0 aromatic carbocycles. The van der Waals surface area contributed by atoms with E-state index in [1.165, 1.54) is 12.7 Å². The second-order valence-electron chi connectivity index (χ2n) is 5.63. The SMILES string of the molecule is C(OCC1CO1)C1CO1.C=COC1(CO)CCCCC1. The van der Waals surface area contributed by atoms with Gasteiger partial charge in [0.25, 0.3) is 0 Å². The number of aliphatic hydroxyl groups excluding tert-OH is 1. The highest BCUT2D eigenvalue weighted by Gasteiger charge is 2.32. The predicted molar refractivity (Wildman–Crippen MR) is 74.5 cm³/mol. The topological polar surface area (TPSA) is 63.8 Å². The number of ether oxygens (including phenoxy) is 4. The fourth-order valence-electron chi connectivity index (χ4n) is 2.35. The highest BCUT2D eigenvalue weighted by molar-refractivity contribution is 4.85. The Morgan fingerprint density at radius 2 is 1.65 bits per heavy atom. The monoisotopic (exact) mass is 286 g/mol. The maximum atomic E-state index is 9.10. The molecule has 5 heteroatoms. The summed E-state index contributed by atoms with van der Waals surface area (Å²) >= 11 is 0. The molecule has 3 fully saturated rings. The van der Waals surface area contributed by atoms with Crippen molar-refractivity contribution < 1.29 is 24.1 Å². The van der Waals surface area contributed by atoms with Crippen molar-refractivity contribution in [2.45, 2.75) is 49.9 Å². The van der Waals surface area contributed by atoms with E-state index in [0.717, 1.165) is 52.1 Å². The summed E-state index contributed by atoms with van der Waals surface area (Å²) in [7, 11) is 0. The van der Waals surface area contributed by atoms with Crippen molar-refractivity contribution in [2.24, 2.45) is 0 Å². The maximum absolute atomic E-state index is 9.10. The predicted octanol–water partition coefficient (Wildman–Crippen LogP) is 1.64. The maximum Gasteiger partial charge on any atom is 0.131 e. The Balaban J connectivity index is 0.000000149. The van der Waals surface area contributed by atoms with Crippen molar-refractivity contribution in [3.05, 3.63) is 12.8 Å². The lowest BCUT2D eigenvalue weighted by Gasteiger charge is -2.34. The van der Waals surface area contributed by atoms with Gasteiger partial charge in [-0.15, -0.1) is 0 Å². The standard InChI is InChI=1S/C9H16O2.C6H10O3/c1-2-11-9(8-10)6-4-3-5-7-9;1(5-3-8-5)7-2-6-4-9-6/h2,10H,1,3-8H2;5-6H,1-4H2. The average molecular weight is 286 g/mol. The minimum absolute atomic E-state index is 0.124. The van der Waals surface area contributed by atoms with Crippen LogP contribution >= 0.6 is 0 Å². The molecule has 1 N–H and O–H groups in total. The van der Waals surface area contributed by atoms with E-state index in [4.69, 9.17) is 24.1 Å². The Morgan fingerprint density at radius 3 is 2.05 bits per heavy atom. The summed E-state index contributed by atoms with van der Waals surface area (Å²) < 4.78 is 20.5. The molecule has 2 aliphatic heterocycles. The minimum atomic E-state index is -0.292. The molecule has 0 aromatic heterocycles. The van der Waals surface area contributed by atoms with E-state index in [1.807, 2.05) is 0 Å². The van der Waals surface area contributed by atoms with E-state index < -0.39 is 0 Å². The molecule has 0 amide bonds. The summed E-state index contributed by atoms with van der Waals surface area (Å²) in [5.74, 6) is 0. The molecule has 5 nitrogen and oxygen atoms in total. The molecule has 2 atom stereocenters. The molecule has 1 aliphatic carbocycles. The highest BCUT2D eigenvalue weighted by Crippen LogP contribution is 2.31. The normalized spacial score (nSPS) is 29.9. The van der Waals surface area contributed by atoms with Crippen molar-refractivity contribution in [2.75, 3.05) is 33.0 Å². The van der Waals surface area contributed by atoms with Gasteiger partial charge in [0.15, 0.2) is 0 Å². The molecule has 2 unspecified atom stereocenters. The molecule has 2 heterocycles. The van der Waals surface area contributed by atoms with Crippen molar-refractivity contribution in [3.8, 4) is 0 Å². The third-order valence-corrected chi connectivity index (χ3v) is 3.80. The molecule has 0 aromatic rings. The summed E-state index contributed by atoms with van der Waals surface area (Å²) in [6.07, 6.45) is 7.75. The first-order chi connectivity index (χ1) is 9.78. The number of rotatable bonds is 7. The number of hydrogen-bond acceptors (Lipinski definition) is 5. The third kappa shape index (κ3) is 5.79. The first-order valence-corrected chi connectivity index (χ1v) is 7.48. The van der Waals surface area contributed by atoms with Crippen LogP contribution < -0.4 is 0 Å². The fraction of sp³-hybridized carbons (Fsp3) is 0.867. The van der Waals surface area contributed by atoms with Gasteiger partial charge in [-0.2, -0.15) is 0 Å². The van der Waals surface area contributed by atoms with Crippen molar-refractivity contribution >= 4 is 0 Å². The fourth-order valence-corrected chi connectivity index (χ4v) is 2.35. The average Bonchev–Trinajstić information content (AvgIpc) is 3.36. The number of hydrogen-bond donors (Lipinski definition) is 1. The van der Waals surface area contributed by atoms with Crippen LogP contribution in [-0.4, -0.2) is 55.9 Å². The van der Waals surface area contributed by atoms with Crippen LogP contribution in [0.15, 0.2) is 12.8 Å². The molecule has 3 aliphatic rings. The lowest BCUT2D eigenvalue weighted by molar-refractivity contribution is -0.0525. The van der Waals surface area contributed by atoms with Gasteiger partial charge in [-0.1, -0.05) is 13.0 Å². The Morgan fingerprint density at radius 1 is 1.10 bits per heavy atom. The molecular weight excluding hydrogens is 260 g/mol. The molecule has 0 bridgehead atoms. The molecule has 20 heavy (non-hydrogen) atoms. The van der Waals surface area contributed by atoms with Gasteiger partial charge in [-0.05, 0) is 25.7 Å². The van der Waals surface area contributed by atoms with Crippen molar-refractivity contribution in [1.29, 1.82) is 0 Å². The van der Waals surface area contributed by atoms with E-state index in [1.54, 1.807) is 0 Å². The van der Waals surface area contributed by atoms with E-state index in [0.29, 0.717) is 12.2 Å². The zero-order chi connectivity index (χ0) is 14.3. The van der Waals surface area contributed by atoms with Crippen LogP contribution in [0, 0.1) is 0 Å². The smallest absolute Gasteiger partial charge is 0.131 e. The van der Waals surface area contributed by atoms with Crippen LogP contribution in [0.1, 0.15) is 32.1 Å². The van der Waals surface area contributed by atoms with Crippen molar-refractivity contribution in [1.82, 2.24) is 0 Å². The second-order valence-corrected chi connectivity index (χ2v) is 5.63. The van der Waals surface area contributed by atoms with Crippen LogP contribution in [-0.2, 0) is 18.9 Å². The van der Waals surface area contributed by atoms with Crippen LogP contribution in [0.5, 0.6) is 0 Å². The Labute approximate surface area is 120 Å². The van der Waals surface area contributed by atoms with Crippen LogP contribution in [0.2, 0.25) is 0 Å². The van der Waals surface area contributed by atoms with Gasteiger partial charge in [0.1, 0.15) is 17.8 Å². The van der Waals surface area contributed by atoms with Gasteiger partial charge in [-0.3, -0.25) is 0 Å². The van der Waals surface area contributed by atoms with E-state index in [2.05, 4.69) is 6.58 Å². The van der Waals surface area contributed by atoms with Crippen LogP contribution in [0.3, 0.4) is 0 Å². The first-order valence-electron chi connectivity index (χ1n) is 7.48. The van der Waals surface area contributed by atoms with Gasteiger partial charge >= 0.3 is 0 Å². The summed E-state index contributed by atoms with van der Waals surface area (Å²) in [5, 5.41) is 9.10. The Kier molecular flexibility index (Phi) is 6.29. The quantitative estimate of drug-likeness (QED) is 0.569. The lowest BCUT2D eigenvalue weighted by Crippen LogP contribution is -2.37. The Hall–Kier alpha value is -0.620. The van der Waals surface area contributed by atoms with Crippen molar-refractivity contribution in [3.63, 3.8) is 0 Å². The number of epoxide rings is 2. The summed E-state index contributed by atoms with van der Waals surface area (Å²) in [4.78, 5) is 0. The van der Waals surface area contributed by atoms with E-state index >= 15 is 0 Å². The molecular formula is C15H26O5. The van der Waals surface area contributed by atoms with Gasteiger partial charge < -0.3 is 24.1 Å².